The average Bonchev–Trinajstić information content (AvgIpc) is 3.00. The van der Waals surface area contributed by atoms with Crippen LogP contribution in [0, 0.1) is 0 Å². The normalized spacial score (nSPS) is 14.6. The zero-order chi connectivity index (χ0) is 19.7. The number of hydrogen-bond acceptors (Lipinski definition) is 2. The van der Waals surface area contributed by atoms with Crippen molar-refractivity contribution in [2.75, 3.05) is 7.11 Å². The molecule has 0 saturated heterocycles. The van der Waals surface area contributed by atoms with E-state index in [1.807, 2.05) is 12.1 Å². The number of nitrogens with two attached hydrogens (primary N) is 1. The van der Waals surface area contributed by atoms with Crippen LogP contribution in [0.2, 0.25) is 0 Å². The van der Waals surface area contributed by atoms with Crippen molar-refractivity contribution in [2.45, 2.75) is 19.8 Å². The molecule has 4 rings (SSSR count). The molecule has 3 heteroatoms. The van der Waals surface area contributed by atoms with Crippen molar-refractivity contribution < 1.29 is 9.53 Å². The van der Waals surface area contributed by atoms with Crippen LogP contribution in [0.4, 0.5) is 0 Å². The van der Waals surface area contributed by atoms with Crippen molar-refractivity contribution in [2.24, 2.45) is 5.73 Å². The fourth-order valence-electron chi connectivity index (χ4n) is 4.18. The maximum Gasteiger partial charge on any atom is 0.221 e. The number of methoxy groups -OCH3 is 1. The van der Waals surface area contributed by atoms with Crippen LogP contribution in [0.1, 0.15) is 36.5 Å². The van der Waals surface area contributed by atoms with Gasteiger partial charge in [-0.05, 0) is 57.2 Å². The van der Waals surface area contributed by atoms with Gasteiger partial charge in [0.2, 0.25) is 5.91 Å². The van der Waals surface area contributed by atoms with Crippen LogP contribution in [0.5, 0.6) is 5.75 Å². The topological polar surface area (TPSA) is 52.3 Å². The van der Waals surface area contributed by atoms with E-state index < -0.39 is 0 Å². The maximum absolute atomic E-state index is 11.8. The third-order valence-electron chi connectivity index (χ3n) is 5.36. The Morgan fingerprint density at radius 2 is 1.75 bits per heavy atom. The van der Waals surface area contributed by atoms with Gasteiger partial charge in [-0.1, -0.05) is 61.5 Å². The summed E-state index contributed by atoms with van der Waals surface area (Å²) < 4.78 is 5.62. The van der Waals surface area contributed by atoms with Gasteiger partial charge >= 0.3 is 0 Å². The van der Waals surface area contributed by atoms with Gasteiger partial charge in [0.15, 0.2) is 0 Å². The zero-order valence-corrected chi connectivity index (χ0v) is 16.2. The van der Waals surface area contributed by atoms with E-state index >= 15 is 0 Å². The summed E-state index contributed by atoms with van der Waals surface area (Å²) in [6.07, 6.45) is 3.26. The van der Waals surface area contributed by atoms with Gasteiger partial charge in [-0.25, -0.2) is 0 Å². The Morgan fingerprint density at radius 3 is 2.50 bits per heavy atom. The molecule has 1 aliphatic rings. The highest BCUT2D eigenvalue weighted by molar-refractivity contribution is 6.11. The van der Waals surface area contributed by atoms with Crippen molar-refractivity contribution in [3.63, 3.8) is 0 Å². The second-order valence-corrected chi connectivity index (χ2v) is 6.96. The molecular weight excluding hydrogens is 346 g/mol. The molecule has 3 aromatic carbocycles. The van der Waals surface area contributed by atoms with Gasteiger partial charge in [0.05, 0.1) is 13.5 Å². The van der Waals surface area contributed by atoms with E-state index in [9.17, 15) is 4.79 Å². The molecule has 0 heterocycles. The highest BCUT2D eigenvalue weighted by Crippen LogP contribution is 2.48. The van der Waals surface area contributed by atoms with E-state index in [0.717, 1.165) is 45.6 Å². The monoisotopic (exact) mass is 369 g/mol. The first-order chi connectivity index (χ1) is 13.6. The second-order valence-electron chi connectivity index (χ2n) is 6.96. The van der Waals surface area contributed by atoms with Crippen LogP contribution in [-0.4, -0.2) is 13.0 Å². The Hall–Kier alpha value is -3.33. The quantitative estimate of drug-likeness (QED) is 0.651. The van der Waals surface area contributed by atoms with Gasteiger partial charge in [-0.2, -0.15) is 0 Å². The Bertz CT molecular complexity index is 1130. The van der Waals surface area contributed by atoms with E-state index in [4.69, 9.17) is 10.5 Å². The number of primary amides is 1. The molecule has 0 radical (unpaired) electrons. The highest BCUT2D eigenvalue weighted by atomic mass is 16.5. The minimum atomic E-state index is -0.329. The molecule has 0 saturated carbocycles. The fourth-order valence-corrected chi connectivity index (χ4v) is 4.18. The number of fused-ring (bicyclic) bond motifs is 2. The minimum Gasteiger partial charge on any atom is -0.496 e. The summed E-state index contributed by atoms with van der Waals surface area (Å²) in [6, 6.07) is 20.7. The van der Waals surface area contributed by atoms with Crippen molar-refractivity contribution in [1.82, 2.24) is 0 Å². The molecule has 3 nitrogen and oxygen atoms in total. The molecule has 1 aliphatic carbocycles. The lowest BCUT2D eigenvalue weighted by Crippen LogP contribution is -2.11. The first-order valence-electron chi connectivity index (χ1n) is 9.52. The SMILES string of the molecule is CCC1=C(CC(N)=O)c2c(OC)cccc2C1=Cc1cccc2ccccc12. The van der Waals surface area contributed by atoms with Crippen LogP contribution < -0.4 is 10.5 Å². The Balaban J connectivity index is 1.99. The third-order valence-corrected chi connectivity index (χ3v) is 5.36. The van der Waals surface area contributed by atoms with Crippen molar-refractivity contribution in [1.29, 1.82) is 0 Å². The fraction of sp³-hybridized carbons (Fsp3) is 0.160. The van der Waals surface area contributed by atoms with E-state index in [0.29, 0.717) is 0 Å². The van der Waals surface area contributed by atoms with Gasteiger partial charge in [0.1, 0.15) is 5.75 Å². The zero-order valence-electron chi connectivity index (χ0n) is 16.2. The molecule has 2 N–H and O–H groups in total. The lowest BCUT2D eigenvalue weighted by Gasteiger charge is -2.10. The van der Waals surface area contributed by atoms with Crippen LogP contribution in [0.25, 0.3) is 28.0 Å². The number of hydrogen-bond donors (Lipinski definition) is 1. The lowest BCUT2D eigenvalue weighted by molar-refractivity contribution is -0.117. The van der Waals surface area contributed by atoms with Crippen molar-refractivity contribution in [3.8, 4) is 5.75 Å². The summed E-state index contributed by atoms with van der Waals surface area (Å²) >= 11 is 0. The molecule has 0 bridgehead atoms. The largest absolute Gasteiger partial charge is 0.496 e. The Kier molecular flexibility index (Phi) is 4.74. The number of amides is 1. The molecule has 28 heavy (non-hydrogen) atoms. The maximum atomic E-state index is 11.8. The van der Waals surface area contributed by atoms with Crippen molar-refractivity contribution in [3.05, 3.63) is 82.9 Å². The highest BCUT2D eigenvalue weighted by Gasteiger charge is 2.29. The standard InChI is InChI=1S/C25H23NO2/c1-3-18-21(14-17-10-6-9-16-8-4-5-11-19(16)17)20-12-7-13-23(28-2)25(20)22(18)15-24(26)27/h4-14H,3,15H2,1-2H3,(H2,26,27). The molecule has 0 atom stereocenters. The van der Waals surface area contributed by atoms with E-state index in [2.05, 4.69) is 61.5 Å². The first kappa shape index (κ1) is 18.1. The summed E-state index contributed by atoms with van der Waals surface area (Å²) in [4.78, 5) is 11.8. The minimum absolute atomic E-state index is 0.212. The molecule has 0 spiro atoms. The summed E-state index contributed by atoms with van der Waals surface area (Å²) in [5, 5.41) is 2.42. The first-order valence-corrected chi connectivity index (χ1v) is 9.52. The molecule has 0 aromatic heterocycles. The number of ether oxygens (including phenoxy) is 1. The number of allylic oxidation sites excluding steroid dienone is 2. The van der Waals surface area contributed by atoms with Crippen LogP contribution in [-0.2, 0) is 4.79 Å². The molecule has 0 aliphatic heterocycles. The van der Waals surface area contributed by atoms with E-state index in [1.54, 1.807) is 7.11 Å². The number of carbonyl (C=O) groups excluding carboxylic acids is 1. The number of benzene rings is 3. The van der Waals surface area contributed by atoms with E-state index in [-0.39, 0.29) is 12.3 Å². The van der Waals surface area contributed by atoms with Gasteiger partial charge in [0, 0.05) is 5.56 Å². The average molecular weight is 369 g/mol. The molecule has 0 unspecified atom stereocenters. The molecule has 140 valence electrons. The summed E-state index contributed by atoms with van der Waals surface area (Å²) in [7, 11) is 1.66. The van der Waals surface area contributed by atoms with Crippen LogP contribution in [0.15, 0.2) is 66.2 Å². The number of carbonyl (C=O) groups is 1. The van der Waals surface area contributed by atoms with Gasteiger partial charge in [0.25, 0.3) is 0 Å². The van der Waals surface area contributed by atoms with Gasteiger partial charge in [-0.15, -0.1) is 0 Å². The molecule has 1 amide bonds. The predicted molar refractivity (Wildman–Crippen MR) is 116 cm³/mol. The van der Waals surface area contributed by atoms with Gasteiger partial charge < -0.3 is 10.5 Å². The van der Waals surface area contributed by atoms with Gasteiger partial charge in [-0.3, -0.25) is 4.79 Å². The summed E-state index contributed by atoms with van der Waals surface area (Å²) in [5.74, 6) is 0.449. The second kappa shape index (κ2) is 7.35. The summed E-state index contributed by atoms with van der Waals surface area (Å²) in [6.45, 7) is 2.12. The summed E-state index contributed by atoms with van der Waals surface area (Å²) in [5.41, 5.74) is 12.1. The number of rotatable bonds is 5. The van der Waals surface area contributed by atoms with Crippen LogP contribution in [0.3, 0.4) is 0 Å². The Labute approximate surface area is 165 Å². The van der Waals surface area contributed by atoms with Crippen molar-refractivity contribution >= 4 is 33.9 Å². The predicted octanol–water partition coefficient (Wildman–Crippen LogP) is 5.44. The van der Waals surface area contributed by atoms with Crippen LogP contribution >= 0.6 is 0 Å². The Morgan fingerprint density at radius 1 is 1.00 bits per heavy atom. The molecule has 3 aromatic rings. The van der Waals surface area contributed by atoms with E-state index in [1.165, 1.54) is 10.8 Å². The third kappa shape index (κ3) is 2.99. The smallest absolute Gasteiger partial charge is 0.221 e. The lowest BCUT2D eigenvalue weighted by atomic mass is 9.96. The molecular formula is C25H23NO2. The molecule has 0 fully saturated rings.